The first kappa shape index (κ1) is 56.6. The zero-order valence-corrected chi connectivity index (χ0v) is 50.0. The predicted octanol–water partition coefficient (Wildman–Crippen LogP) is 17.9. The highest BCUT2D eigenvalue weighted by atomic mass is 16.7. The standard InChI is InChI=1S/C69H90B2N2O4/c1-17-21-23-51(19-3)45-69(46-52(20-4)24-22-18-2)61-37-35-57(72(63-39-25-47(5)41-49(63)7)55-31-27-53(28-32-55)70-74-65(9,10)66(11,12)75-70)43-59(61)60-44-58(36-38-62(60)69)73(64-40-26-48(6)42-50(64)8)56-33-29-54(30-34-56)71-76-67(13,14)68(15,16)77-71/h25-44,51-52H,17-24,45-46H2,1-16H3. The third kappa shape index (κ3) is 11.0. The number of anilines is 6. The van der Waals surface area contributed by atoms with Gasteiger partial charge in [-0.05, 0) is 213 Å². The molecule has 2 heterocycles. The molecule has 2 aliphatic heterocycles. The average Bonchev–Trinajstić information content (AvgIpc) is 4.15. The quantitative estimate of drug-likeness (QED) is 0.0710. The Bertz CT molecular complexity index is 2800. The van der Waals surface area contributed by atoms with Crippen LogP contribution in [0.15, 0.2) is 121 Å². The Labute approximate surface area is 466 Å². The number of rotatable bonds is 20. The van der Waals surface area contributed by atoms with E-state index in [9.17, 15) is 0 Å². The number of nitrogens with zero attached hydrogens (tertiary/aromatic N) is 2. The second kappa shape index (κ2) is 22.2. The molecule has 0 bridgehead atoms. The van der Waals surface area contributed by atoms with Crippen LogP contribution in [0.3, 0.4) is 0 Å². The first-order valence-corrected chi connectivity index (χ1v) is 29.5. The van der Waals surface area contributed by atoms with Crippen molar-refractivity contribution in [2.75, 3.05) is 9.80 Å². The van der Waals surface area contributed by atoms with Crippen LogP contribution in [0, 0.1) is 39.5 Å². The Morgan fingerprint density at radius 2 is 0.753 bits per heavy atom. The summed E-state index contributed by atoms with van der Waals surface area (Å²) in [6.45, 7) is 35.4. The van der Waals surface area contributed by atoms with Gasteiger partial charge in [0.15, 0.2) is 0 Å². The van der Waals surface area contributed by atoms with Gasteiger partial charge >= 0.3 is 14.2 Å². The monoisotopic (exact) mass is 1030 g/mol. The summed E-state index contributed by atoms with van der Waals surface area (Å²) < 4.78 is 26.2. The molecule has 0 spiro atoms. The number of fused-ring (bicyclic) bond motifs is 3. The van der Waals surface area contributed by atoms with Gasteiger partial charge in [-0.15, -0.1) is 0 Å². The molecule has 6 nitrogen and oxygen atoms in total. The SMILES string of the molecule is CCCCC(CC)CC1(CC(CC)CCCC)c2ccc(N(c3ccc(B4OC(C)(C)C(C)(C)O4)cc3)c3ccc(C)cc3C)cc2-c2cc(N(c3ccc(B4OC(C)(C)C(C)(C)O4)cc3)c3ccc(C)cc3C)ccc21. The van der Waals surface area contributed by atoms with Gasteiger partial charge in [0.2, 0.25) is 0 Å². The molecule has 0 N–H and O–H groups in total. The second-order valence-electron chi connectivity index (χ2n) is 25.4. The molecule has 0 radical (unpaired) electrons. The van der Waals surface area contributed by atoms with Crippen LogP contribution in [-0.4, -0.2) is 36.6 Å². The summed E-state index contributed by atoms with van der Waals surface area (Å²) in [7, 11) is -0.875. The molecule has 406 valence electrons. The fourth-order valence-electron chi connectivity index (χ4n) is 12.6. The molecule has 2 unspecified atom stereocenters. The normalized spacial score (nSPS) is 18.3. The summed E-state index contributed by atoms with van der Waals surface area (Å²) in [5.41, 5.74) is 17.6. The van der Waals surface area contributed by atoms with Crippen LogP contribution >= 0.6 is 0 Å². The van der Waals surface area contributed by atoms with Gasteiger partial charge < -0.3 is 28.4 Å². The van der Waals surface area contributed by atoms with Gasteiger partial charge in [0.1, 0.15) is 0 Å². The summed E-state index contributed by atoms with van der Waals surface area (Å²) in [6, 6.07) is 46.6. The topological polar surface area (TPSA) is 43.4 Å². The zero-order valence-electron chi connectivity index (χ0n) is 50.0. The highest BCUT2D eigenvalue weighted by Crippen LogP contribution is 2.59. The maximum atomic E-state index is 6.55. The van der Waals surface area contributed by atoms with Gasteiger partial charge in [0.05, 0.1) is 22.4 Å². The van der Waals surface area contributed by atoms with Crippen molar-refractivity contribution in [1.29, 1.82) is 0 Å². The Morgan fingerprint density at radius 3 is 1.06 bits per heavy atom. The second-order valence-corrected chi connectivity index (χ2v) is 25.4. The lowest BCUT2D eigenvalue weighted by Crippen LogP contribution is -2.41. The number of unbranched alkanes of at least 4 members (excludes halogenated alkanes) is 2. The molecule has 2 atom stereocenters. The number of benzene rings is 6. The van der Waals surface area contributed by atoms with Gasteiger partial charge in [-0.1, -0.05) is 151 Å². The van der Waals surface area contributed by atoms with E-state index in [1.807, 2.05) is 0 Å². The Hall–Kier alpha value is -5.11. The Kier molecular flexibility index (Phi) is 16.3. The van der Waals surface area contributed by atoms with Gasteiger partial charge in [-0.3, -0.25) is 0 Å². The van der Waals surface area contributed by atoms with E-state index in [1.165, 1.54) is 107 Å². The summed E-state index contributed by atoms with van der Waals surface area (Å²) in [5.74, 6) is 1.22. The molecule has 6 aromatic carbocycles. The molecule has 2 saturated heterocycles. The van der Waals surface area contributed by atoms with E-state index in [0.29, 0.717) is 11.8 Å². The molecule has 6 aromatic rings. The van der Waals surface area contributed by atoms with E-state index in [0.717, 1.165) is 46.5 Å². The first-order valence-electron chi connectivity index (χ1n) is 29.5. The van der Waals surface area contributed by atoms with Crippen molar-refractivity contribution in [3.63, 3.8) is 0 Å². The molecule has 8 heteroatoms. The first-order chi connectivity index (χ1) is 36.6. The highest BCUT2D eigenvalue weighted by molar-refractivity contribution is 6.62. The molecular weight excluding hydrogens is 942 g/mol. The zero-order chi connectivity index (χ0) is 55.2. The number of hydrogen-bond donors (Lipinski definition) is 0. The molecule has 9 rings (SSSR count). The third-order valence-corrected chi connectivity index (χ3v) is 18.7. The lowest BCUT2D eigenvalue weighted by atomic mass is 9.65. The summed E-state index contributed by atoms with van der Waals surface area (Å²) >= 11 is 0. The highest BCUT2D eigenvalue weighted by Gasteiger charge is 2.53. The van der Waals surface area contributed by atoms with E-state index in [4.69, 9.17) is 18.6 Å². The van der Waals surface area contributed by atoms with Crippen molar-refractivity contribution in [3.8, 4) is 11.1 Å². The summed E-state index contributed by atoms with van der Waals surface area (Å²) in [6.07, 6.45) is 12.1. The number of aryl methyl sites for hydroxylation is 4. The van der Waals surface area contributed by atoms with Crippen molar-refractivity contribution in [3.05, 3.63) is 155 Å². The molecule has 0 aromatic heterocycles. The predicted molar refractivity (Wildman–Crippen MR) is 328 cm³/mol. The van der Waals surface area contributed by atoms with Crippen molar-refractivity contribution >= 4 is 59.3 Å². The molecule has 1 aliphatic carbocycles. The number of hydrogen-bond acceptors (Lipinski definition) is 6. The molecule has 2 fully saturated rings. The van der Waals surface area contributed by atoms with Crippen LogP contribution in [0.4, 0.5) is 34.1 Å². The van der Waals surface area contributed by atoms with Gasteiger partial charge in [0, 0.05) is 39.5 Å². The van der Waals surface area contributed by atoms with E-state index in [2.05, 4.69) is 242 Å². The van der Waals surface area contributed by atoms with Crippen LogP contribution in [0.2, 0.25) is 0 Å². The fraction of sp³-hybridized carbons (Fsp3) is 0.478. The third-order valence-electron chi connectivity index (χ3n) is 18.7. The van der Waals surface area contributed by atoms with Gasteiger partial charge in [-0.2, -0.15) is 0 Å². The molecular formula is C69H90B2N2O4. The van der Waals surface area contributed by atoms with Crippen LogP contribution in [0.1, 0.15) is 181 Å². The Morgan fingerprint density at radius 1 is 0.416 bits per heavy atom. The average molecular weight is 1030 g/mol. The minimum absolute atomic E-state index is 0.144. The lowest BCUT2D eigenvalue weighted by Gasteiger charge is -2.39. The van der Waals surface area contributed by atoms with Crippen LogP contribution in [-0.2, 0) is 24.0 Å². The van der Waals surface area contributed by atoms with E-state index < -0.39 is 36.6 Å². The molecule has 0 amide bonds. The van der Waals surface area contributed by atoms with Gasteiger partial charge in [-0.25, -0.2) is 0 Å². The summed E-state index contributed by atoms with van der Waals surface area (Å²) in [4.78, 5) is 4.95. The molecule has 3 aliphatic rings. The maximum Gasteiger partial charge on any atom is 0.494 e. The smallest absolute Gasteiger partial charge is 0.399 e. The van der Waals surface area contributed by atoms with Crippen molar-refractivity contribution < 1.29 is 18.6 Å². The van der Waals surface area contributed by atoms with Crippen LogP contribution in [0.5, 0.6) is 0 Å². The van der Waals surface area contributed by atoms with E-state index in [-0.39, 0.29) is 5.41 Å². The fourth-order valence-corrected chi connectivity index (χ4v) is 12.6. The Balaban J connectivity index is 1.24. The minimum atomic E-state index is -0.438. The molecule has 77 heavy (non-hydrogen) atoms. The maximum absolute atomic E-state index is 6.55. The van der Waals surface area contributed by atoms with Crippen LogP contribution in [0.25, 0.3) is 11.1 Å². The van der Waals surface area contributed by atoms with Crippen molar-refractivity contribution in [2.24, 2.45) is 11.8 Å². The minimum Gasteiger partial charge on any atom is -0.399 e. The largest absolute Gasteiger partial charge is 0.494 e. The van der Waals surface area contributed by atoms with Crippen molar-refractivity contribution in [1.82, 2.24) is 0 Å². The van der Waals surface area contributed by atoms with Crippen LogP contribution < -0.4 is 20.7 Å². The van der Waals surface area contributed by atoms with E-state index in [1.54, 1.807) is 0 Å². The van der Waals surface area contributed by atoms with Gasteiger partial charge in [0.25, 0.3) is 0 Å². The van der Waals surface area contributed by atoms with E-state index >= 15 is 0 Å². The van der Waals surface area contributed by atoms with Crippen molar-refractivity contribution in [2.45, 2.75) is 203 Å². The summed E-state index contributed by atoms with van der Waals surface area (Å²) in [5, 5.41) is 0. The lowest BCUT2D eigenvalue weighted by molar-refractivity contribution is 0.00578. The molecule has 0 saturated carbocycles.